The van der Waals surface area contributed by atoms with Crippen LogP contribution in [0.2, 0.25) is 0 Å². The van der Waals surface area contributed by atoms with Crippen LogP contribution in [0.4, 0.5) is 5.82 Å². The molecule has 0 bridgehead atoms. The number of rotatable bonds is 10. The summed E-state index contributed by atoms with van der Waals surface area (Å²) in [4.78, 5) is 11.2. The van der Waals surface area contributed by atoms with Crippen LogP contribution >= 0.6 is 7.60 Å². The maximum absolute atomic E-state index is 12.7. The molecule has 1 aromatic carbocycles. The van der Waals surface area contributed by atoms with E-state index in [1.54, 1.807) is 20.5 Å². The molecule has 1 aliphatic heterocycles. The average molecular weight is 437 g/mol. The third kappa shape index (κ3) is 5.23. The number of anilines is 1. The maximum Gasteiger partial charge on any atom is 0.330 e. The Bertz CT molecular complexity index is 876. The van der Waals surface area contributed by atoms with Crippen molar-refractivity contribution in [2.75, 3.05) is 51.6 Å². The minimum absolute atomic E-state index is 0.407. The molecular formula is C21H32N3O5P. The van der Waals surface area contributed by atoms with Gasteiger partial charge in [0.15, 0.2) is 11.5 Å². The van der Waals surface area contributed by atoms with Crippen molar-refractivity contribution in [2.45, 2.75) is 33.1 Å². The molecule has 2 heterocycles. The molecule has 1 aromatic heterocycles. The Morgan fingerprint density at radius 3 is 2.27 bits per heavy atom. The van der Waals surface area contributed by atoms with Crippen LogP contribution in [-0.4, -0.2) is 56.7 Å². The summed E-state index contributed by atoms with van der Waals surface area (Å²) in [6.07, 6.45) is 4.94. The summed E-state index contributed by atoms with van der Waals surface area (Å²) in [5.41, 5.74) is 0.828. The standard InChI is InChI=1S/C21H32N3O5P/c1-5-28-30(25,29-6-2)12-9-16-7-10-24(11-8-16)21-17-13-19(26-3)20(27-4)14-18(17)22-15-23-21/h13-16H,5-12H2,1-4H3. The van der Waals surface area contributed by atoms with E-state index < -0.39 is 7.60 Å². The van der Waals surface area contributed by atoms with Gasteiger partial charge in [-0.05, 0) is 45.1 Å². The van der Waals surface area contributed by atoms with E-state index in [2.05, 4.69) is 14.9 Å². The molecule has 0 atom stereocenters. The SMILES string of the molecule is CCOP(=O)(CCC1CCN(c2ncnc3cc(OC)c(OC)cc23)CC1)OCC. The van der Waals surface area contributed by atoms with Crippen molar-refractivity contribution >= 4 is 24.3 Å². The van der Waals surface area contributed by atoms with Crippen molar-refractivity contribution in [1.29, 1.82) is 0 Å². The van der Waals surface area contributed by atoms with E-state index in [0.29, 0.717) is 36.8 Å². The van der Waals surface area contributed by atoms with E-state index in [1.165, 1.54) is 0 Å². The number of hydrogen-bond acceptors (Lipinski definition) is 8. The lowest BCUT2D eigenvalue weighted by Crippen LogP contribution is -2.34. The Labute approximate surface area is 178 Å². The largest absolute Gasteiger partial charge is 0.493 e. The van der Waals surface area contributed by atoms with Crippen molar-refractivity contribution in [3.8, 4) is 11.5 Å². The van der Waals surface area contributed by atoms with Crippen LogP contribution in [0.5, 0.6) is 11.5 Å². The van der Waals surface area contributed by atoms with Crippen LogP contribution < -0.4 is 14.4 Å². The van der Waals surface area contributed by atoms with Crippen molar-refractivity contribution in [2.24, 2.45) is 5.92 Å². The number of piperidine rings is 1. The fourth-order valence-electron chi connectivity index (χ4n) is 3.96. The van der Waals surface area contributed by atoms with Crippen LogP contribution in [0.1, 0.15) is 33.1 Å². The minimum atomic E-state index is -2.97. The zero-order valence-corrected chi connectivity index (χ0v) is 19.2. The van der Waals surface area contributed by atoms with Crippen LogP contribution in [0, 0.1) is 5.92 Å². The van der Waals surface area contributed by atoms with Crippen molar-refractivity contribution in [3.05, 3.63) is 18.5 Å². The van der Waals surface area contributed by atoms with Crippen LogP contribution in [0.25, 0.3) is 10.9 Å². The van der Waals surface area contributed by atoms with Gasteiger partial charge in [-0.2, -0.15) is 0 Å². The van der Waals surface area contributed by atoms with Crippen molar-refractivity contribution < 1.29 is 23.1 Å². The van der Waals surface area contributed by atoms with Gasteiger partial charge in [0.2, 0.25) is 0 Å². The van der Waals surface area contributed by atoms with Crippen LogP contribution in [-0.2, 0) is 13.6 Å². The highest BCUT2D eigenvalue weighted by atomic mass is 31.2. The average Bonchev–Trinajstić information content (AvgIpc) is 2.77. The van der Waals surface area contributed by atoms with Gasteiger partial charge in [0.1, 0.15) is 12.1 Å². The first-order valence-corrected chi connectivity index (χ1v) is 12.3. The number of aromatic nitrogens is 2. The first kappa shape index (κ1) is 22.8. The van der Waals surface area contributed by atoms with Gasteiger partial charge in [-0.3, -0.25) is 4.57 Å². The van der Waals surface area contributed by atoms with E-state index in [9.17, 15) is 4.57 Å². The molecule has 9 heteroatoms. The summed E-state index contributed by atoms with van der Waals surface area (Å²) in [7, 11) is 0.276. The molecule has 1 aliphatic rings. The Morgan fingerprint density at radius 2 is 1.67 bits per heavy atom. The van der Waals surface area contributed by atoms with Gasteiger partial charge in [-0.25, -0.2) is 9.97 Å². The molecule has 166 valence electrons. The van der Waals surface area contributed by atoms with E-state index in [-0.39, 0.29) is 0 Å². The molecule has 0 amide bonds. The lowest BCUT2D eigenvalue weighted by atomic mass is 9.94. The molecule has 0 radical (unpaired) electrons. The third-order valence-electron chi connectivity index (χ3n) is 5.50. The zero-order chi connectivity index (χ0) is 21.6. The Balaban J connectivity index is 1.68. The summed E-state index contributed by atoms with van der Waals surface area (Å²) < 4.78 is 34.4. The second-order valence-corrected chi connectivity index (χ2v) is 9.50. The second-order valence-electron chi connectivity index (χ2n) is 7.31. The fraction of sp³-hybridized carbons (Fsp3) is 0.619. The van der Waals surface area contributed by atoms with Crippen molar-refractivity contribution in [1.82, 2.24) is 9.97 Å². The summed E-state index contributed by atoms with van der Waals surface area (Å²) in [6.45, 7) is 6.29. The number of methoxy groups -OCH3 is 2. The second kappa shape index (κ2) is 10.4. The van der Waals surface area contributed by atoms with E-state index >= 15 is 0 Å². The van der Waals surface area contributed by atoms with Gasteiger partial charge < -0.3 is 23.4 Å². The van der Waals surface area contributed by atoms with Gasteiger partial charge in [-0.1, -0.05) is 0 Å². The monoisotopic (exact) mass is 437 g/mol. The highest BCUT2D eigenvalue weighted by Gasteiger charge is 2.28. The summed E-state index contributed by atoms with van der Waals surface area (Å²) >= 11 is 0. The molecule has 0 aliphatic carbocycles. The highest BCUT2D eigenvalue weighted by Crippen LogP contribution is 2.49. The smallest absolute Gasteiger partial charge is 0.330 e. The summed E-state index contributed by atoms with van der Waals surface area (Å²) in [5.74, 6) is 2.73. The van der Waals surface area contributed by atoms with Gasteiger partial charge in [0, 0.05) is 24.5 Å². The quantitative estimate of drug-likeness (QED) is 0.502. The van der Waals surface area contributed by atoms with Gasteiger partial charge in [0.05, 0.1) is 39.1 Å². The molecule has 2 aromatic rings. The molecule has 8 nitrogen and oxygen atoms in total. The molecule has 0 N–H and O–H groups in total. The van der Waals surface area contributed by atoms with E-state index in [0.717, 1.165) is 49.1 Å². The molecule has 0 spiro atoms. The molecule has 1 saturated heterocycles. The number of fused-ring (bicyclic) bond motifs is 1. The number of benzene rings is 1. The van der Waals surface area contributed by atoms with E-state index in [1.807, 2.05) is 26.0 Å². The number of hydrogen-bond donors (Lipinski definition) is 0. The van der Waals surface area contributed by atoms with Crippen LogP contribution in [0.15, 0.2) is 18.5 Å². The van der Waals surface area contributed by atoms with Gasteiger partial charge in [0.25, 0.3) is 0 Å². The molecule has 30 heavy (non-hydrogen) atoms. The number of nitrogens with zero attached hydrogens (tertiary/aromatic N) is 3. The molecular weight excluding hydrogens is 405 g/mol. The fourth-order valence-corrected chi connectivity index (χ4v) is 5.76. The highest BCUT2D eigenvalue weighted by molar-refractivity contribution is 7.53. The molecule has 1 fully saturated rings. The number of ether oxygens (including phenoxy) is 2. The van der Waals surface area contributed by atoms with Gasteiger partial charge in [-0.15, -0.1) is 0 Å². The first-order valence-electron chi connectivity index (χ1n) is 10.5. The molecule has 3 rings (SSSR count). The lowest BCUT2D eigenvalue weighted by Gasteiger charge is -2.33. The van der Waals surface area contributed by atoms with E-state index in [4.69, 9.17) is 18.5 Å². The summed E-state index contributed by atoms with van der Waals surface area (Å²) in [5, 5.41) is 0.950. The lowest BCUT2D eigenvalue weighted by molar-refractivity contribution is 0.217. The first-order chi connectivity index (χ1) is 14.5. The Morgan fingerprint density at radius 1 is 1.03 bits per heavy atom. The maximum atomic E-state index is 12.7. The van der Waals surface area contributed by atoms with Crippen LogP contribution in [0.3, 0.4) is 0 Å². The molecule has 0 saturated carbocycles. The van der Waals surface area contributed by atoms with Gasteiger partial charge >= 0.3 is 7.60 Å². The minimum Gasteiger partial charge on any atom is -0.493 e. The summed E-state index contributed by atoms with van der Waals surface area (Å²) in [6, 6.07) is 3.82. The third-order valence-corrected chi connectivity index (χ3v) is 7.61. The van der Waals surface area contributed by atoms with Crippen molar-refractivity contribution in [3.63, 3.8) is 0 Å². The Kier molecular flexibility index (Phi) is 7.92. The normalized spacial score (nSPS) is 15.5. The zero-order valence-electron chi connectivity index (χ0n) is 18.3. The molecule has 0 unspecified atom stereocenters. The Hall–Kier alpha value is -1.89. The predicted octanol–water partition coefficient (Wildman–Crippen LogP) is 4.52. The topological polar surface area (TPSA) is 83.0 Å². The predicted molar refractivity (Wildman–Crippen MR) is 118 cm³/mol.